The molecular weight excluding hydrogens is 552 g/mol. The average molecular weight is 617 g/mol. The molecule has 0 heterocycles. The summed E-state index contributed by atoms with van der Waals surface area (Å²) in [6, 6.07) is 11.2. The van der Waals surface area contributed by atoms with Crippen molar-refractivity contribution in [2.24, 2.45) is 23.2 Å². The van der Waals surface area contributed by atoms with Crippen LogP contribution in [0.3, 0.4) is 0 Å². The highest BCUT2D eigenvalue weighted by Crippen LogP contribution is 2.40. The van der Waals surface area contributed by atoms with Gasteiger partial charge in [0.2, 0.25) is 0 Å². The number of carbonyl (C=O) groups is 3. The van der Waals surface area contributed by atoms with E-state index in [1.165, 1.54) is 46.7 Å². The third-order valence-corrected chi connectivity index (χ3v) is 9.35. The Labute approximate surface area is 276 Å². The number of rotatable bonds is 14. The van der Waals surface area contributed by atoms with Crippen molar-refractivity contribution in [2.75, 3.05) is 0 Å². The quantitative estimate of drug-likeness (QED) is 0.198. The first-order valence-electron chi connectivity index (χ1n) is 17.9. The lowest BCUT2D eigenvalue weighted by molar-refractivity contribution is -0.129. The second-order valence-corrected chi connectivity index (χ2v) is 15.3. The Morgan fingerprint density at radius 1 is 0.933 bits per heavy atom. The number of aryl methyl sites for hydroxylation is 2. The lowest BCUT2D eigenvalue weighted by atomic mass is 9.70. The average Bonchev–Trinajstić information content (AvgIpc) is 2.92. The van der Waals surface area contributed by atoms with Crippen LogP contribution in [-0.2, 0) is 35.3 Å². The topological polar surface area (TPSA) is 51.2 Å². The molecule has 0 bridgehead atoms. The molecule has 0 saturated heterocycles. The van der Waals surface area contributed by atoms with E-state index in [0.29, 0.717) is 12.3 Å². The third kappa shape index (κ3) is 11.3. The van der Waals surface area contributed by atoms with Gasteiger partial charge in [0.05, 0.1) is 6.42 Å². The van der Waals surface area contributed by atoms with Gasteiger partial charge in [-0.1, -0.05) is 112 Å². The number of fused-ring (bicyclic) bond motifs is 1. The zero-order valence-electron chi connectivity index (χ0n) is 30.7. The zero-order chi connectivity index (χ0) is 33.9. The summed E-state index contributed by atoms with van der Waals surface area (Å²) in [6.45, 7) is 23.5. The first kappa shape index (κ1) is 38.6. The number of hydrogen-bond acceptors (Lipinski definition) is 3. The summed E-state index contributed by atoms with van der Waals surface area (Å²) in [6.07, 6.45) is 9.32. The molecule has 2 aromatic carbocycles. The minimum atomic E-state index is -0.0970. The Bertz CT molecular complexity index is 1280. The Kier molecular flexibility index (Phi) is 15.4. The van der Waals surface area contributed by atoms with Crippen LogP contribution in [-0.4, -0.2) is 17.3 Å². The summed E-state index contributed by atoms with van der Waals surface area (Å²) >= 11 is 0. The van der Waals surface area contributed by atoms with Gasteiger partial charge in [0.15, 0.2) is 5.78 Å². The van der Waals surface area contributed by atoms with E-state index >= 15 is 0 Å². The van der Waals surface area contributed by atoms with Gasteiger partial charge in [-0.25, -0.2) is 0 Å². The molecule has 0 saturated carbocycles. The van der Waals surface area contributed by atoms with Crippen molar-refractivity contribution < 1.29 is 14.4 Å². The van der Waals surface area contributed by atoms with Gasteiger partial charge in [-0.3, -0.25) is 14.4 Å². The van der Waals surface area contributed by atoms with E-state index in [9.17, 15) is 14.4 Å². The van der Waals surface area contributed by atoms with Crippen molar-refractivity contribution in [3.05, 3.63) is 69.3 Å². The van der Waals surface area contributed by atoms with E-state index in [1.807, 2.05) is 0 Å². The first-order chi connectivity index (χ1) is 21.2. The van der Waals surface area contributed by atoms with Crippen molar-refractivity contribution in [3.63, 3.8) is 0 Å². The fourth-order valence-electron chi connectivity index (χ4n) is 7.48. The van der Waals surface area contributed by atoms with Crippen LogP contribution in [0.15, 0.2) is 30.3 Å². The van der Waals surface area contributed by atoms with Gasteiger partial charge in [-0.05, 0) is 109 Å². The monoisotopic (exact) mass is 616 g/mol. The number of Topliss-reactive ketones (excluding diaryl/α,β-unsaturated/α-hetero) is 3. The van der Waals surface area contributed by atoms with Crippen molar-refractivity contribution in [1.29, 1.82) is 0 Å². The Morgan fingerprint density at radius 2 is 1.53 bits per heavy atom. The molecule has 0 aromatic heterocycles. The summed E-state index contributed by atoms with van der Waals surface area (Å²) in [5.74, 6) is 1.01. The molecular formula is C42H64O3. The highest BCUT2D eigenvalue weighted by atomic mass is 16.1. The van der Waals surface area contributed by atoms with Crippen LogP contribution in [0.5, 0.6) is 0 Å². The molecule has 3 unspecified atom stereocenters. The largest absolute Gasteiger partial charge is 0.300 e. The summed E-state index contributed by atoms with van der Waals surface area (Å²) in [5, 5.41) is 0. The second-order valence-electron chi connectivity index (χ2n) is 15.3. The molecule has 2 aromatic rings. The normalized spacial score (nSPS) is 16.1. The zero-order valence-corrected chi connectivity index (χ0v) is 30.7. The molecule has 3 atom stereocenters. The number of carbonyl (C=O) groups excluding carboxylic acids is 3. The van der Waals surface area contributed by atoms with Crippen molar-refractivity contribution >= 4 is 17.3 Å². The smallest absolute Gasteiger partial charge is 0.163 e. The maximum atomic E-state index is 13.9. The minimum absolute atomic E-state index is 0.0330. The minimum Gasteiger partial charge on any atom is -0.300 e. The van der Waals surface area contributed by atoms with E-state index in [2.05, 4.69) is 99.6 Å². The summed E-state index contributed by atoms with van der Waals surface area (Å²) in [4.78, 5) is 38.6. The first-order valence-corrected chi connectivity index (χ1v) is 17.9. The molecule has 0 fully saturated rings. The SMILES string of the molecule is CCC.CCCC(CC1CC(=O)c2c(C)c(CCc3ccccc3CC(C)(C)C)cc(C(C)C)c2C1)C(CC)C(=O)CC(C)=O. The molecule has 0 radical (unpaired) electrons. The van der Waals surface area contributed by atoms with Gasteiger partial charge in [0.1, 0.15) is 11.6 Å². The second kappa shape index (κ2) is 18.0. The molecule has 1 aliphatic carbocycles. The molecule has 250 valence electrons. The summed E-state index contributed by atoms with van der Waals surface area (Å²) < 4.78 is 0. The van der Waals surface area contributed by atoms with Gasteiger partial charge >= 0.3 is 0 Å². The molecule has 3 rings (SSSR count). The van der Waals surface area contributed by atoms with Crippen LogP contribution < -0.4 is 0 Å². The number of hydrogen-bond donors (Lipinski definition) is 0. The molecule has 0 aliphatic heterocycles. The number of benzene rings is 2. The molecule has 0 N–H and O–H groups in total. The van der Waals surface area contributed by atoms with Gasteiger partial charge < -0.3 is 0 Å². The van der Waals surface area contributed by atoms with E-state index in [-0.39, 0.29) is 46.9 Å². The maximum Gasteiger partial charge on any atom is 0.163 e. The van der Waals surface area contributed by atoms with Crippen LogP contribution in [0.2, 0.25) is 0 Å². The summed E-state index contributed by atoms with van der Waals surface area (Å²) in [5.41, 5.74) is 9.09. The molecule has 0 amide bonds. The van der Waals surface area contributed by atoms with E-state index < -0.39 is 0 Å². The van der Waals surface area contributed by atoms with E-state index in [1.54, 1.807) is 0 Å². The lowest BCUT2D eigenvalue weighted by Crippen LogP contribution is -2.30. The molecule has 1 aliphatic rings. The van der Waals surface area contributed by atoms with E-state index in [4.69, 9.17) is 0 Å². The highest BCUT2D eigenvalue weighted by molar-refractivity contribution is 6.01. The van der Waals surface area contributed by atoms with Crippen molar-refractivity contribution in [3.8, 4) is 0 Å². The van der Waals surface area contributed by atoms with Crippen LogP contribution in [0.1, 0.15) is 164 Å². The fourth-order valence-corrected chi connectivity index (χ4v) is 7.48. The van der Waals surface area contributed by atoms with Gasteiger partial charge in [0, 0.05) is 17.9 Å². The molecule has 3 heteroatoms. The van der Waals surface area contributed by atoms with Gasteiger partial charge in [0.25, 0.3) is 0 Å². The standard InChI is InChI=1S/C39H56O3.C3H8/c1-10-14-31(33(11-2)36(41)19-26(5)40)20-28-21-35-34(25(3)4)23-30(27(6)38(35)37(42)22-28)18-17-29-15-12-13-16-32(29)24-39(7,8)9;1-3-2/h12-13,15-16,23,25,28,31,33H,10-11,14,17-22,24H2,1-9H3;3H2,1-2H3. The highest BCUT2D eigenvalue weighted by Gasteiger charge is 2.34. The third-order valence-electron chi connectivity index (χ3n) is 9.35. The van der Waals surface area contributed by atoms with Crippen LogP contribution in [0.4, 0.5) is 0 Å². The van der Waals surface area contributed by atoms with Gasteiger partial charge in [-0.2, -0.15) is 0 Å². The molecule has 3 nitrogen and oxygen atoms in total. The van der Waals surface area contributed by atoms with Crippen LogP contribution in [0.25, 0.3) is 0 Å². The predicted molar refractivity (Wildman–Crippen MR) is 191 cm³/mol. The molecule has 45 heavy (non-hydrogen) atoms. The predicted octanol–water partition coefficient (Wildman–Crippen LogP) is 11.0. The maximum absolute atomic E-state index is 13.9. The summed E-state index contributed by atoms with van der Waals surface area (Å²) in [7, 11) is 0. The Balaban J connectivity index is 0.00000226. The molecule has 0 spiro atoms. The van der Waals surface area contributed by atoms with Crippen LogP contribution in [0, 0.1) is 30.1 Å². The van der Waals surface area contributed by atoms with Crippen molar-refractivity contribution in [2.45, 2.75) is 153 Å². The lowest BCUT2D eigenvalue weighted by Gasteiger charge is -2.33. The Hall–Kier alpha value is -2.55. The van der Waals surface area contributed by atoms with E-state index in [0.717, 1.165) is 56.9 Å². The number of ketones is 3. The van der Waals surface area contributed by atoms with Crippen molar-refractivity contribution in [1.82, 2.24) is 0 Å². The fraction of sp³-hybridized carbons (Fsp3) is 0.643. The van der Waals surface area contributed by atoms with Gasteiger partial charge in [-0.15, -0.1) is 0 Å². The van der Waals surface area contributed by atoms with Crippen LogP contribution >= 0.6 is 0 Å². The Morgan fingerprint density at radius 3 is 2.07 bits per heavy atom.